The van der Waals surface area contributed by atoms with Crippen LogP contribution in [-0.4, -0.2) is 35.0 Å². The van der Waals surface area contributed by atoms with Crippen LogP contribution in [0, 0.1) is 21.8 Å². The SMILES string of the molecule is CCOC(=O)C(Cc1cc(F)ccc1[N+](=O)[O-])C1(C(=O)c2ccc(Cl)cc2)C=CC=N1. The van der Waals surface area contributed by atoms with Gasteiger partial charge in [0.05, 0.1) is 17.4 Å². The third-order valence-corrected chi connectivity index (χ3v) is 5.21. The molecule has 0 bridgehead atoms. The summed E-state index contributed by atoms with van der Waals surface area (Å²) in [5.41, 5.74) is -1.85. The van der Waals surface area contributed by atoms with Crippen molar-refractivity contribution in [1.82, 2.24) is 0 Å². The number of rotatable bonds is 8. The van der Waals surface area contributed by atoms with Crippen LogP contribution in [0.25, 0.3) is 0 Å². The van der Waals surface area contributed by atoms with Gasteiger partial charge in [0, 0.05) is 28.4 Å². The standard InChI is InChI=1S/C22H18ClFN2O5/c1-2-31-21(28)18(13-15-12-17(24)8-9-19(15)26(29)30)22(10-3-11-25-22)20(27)14-4-6-16(23)7-5-14/h3-12,18H,2,13H2,1H3. The predicted octanol–water partition coefficient (Wildman–Crippen LogP) is 4.37. The Hall–Kier alpha value is -3.39. The molecule has 0 amide bonds. The van der Waals surface area contributed by atoms with Gasteiger partial charge in [0.2, 0.25) is 0 Å². The Bertz CT molecular complexity index is 1070. The monoisotopic (exact) mass is 444 g/mol. The van der Waals surface area contributed by atoms with Crippen molar-refractivity contribution in [3.05, 3.63) is 86.7 Å². The van der Waals surface area contributed by atoms with Crippen LogP contribution in [0.15, 0.2) is 59.6 Å². The molecule has 2 aromatic rings. The molecular formula is C22H18ClFN2O5. The van der Waals surface area contributed by atoms with Gasteiger partial charge in [0.25, 0.3) is 5.69 Å². The first kappa shape index (κ1) is 22.3. The summed E-state index contributed by atoms with van der Waals surface area (Å²) < 4.78 is 19.0. The molecular weight excluding hydrogens is 427 g/mol. The van der Waals surface area contributed by atoms with Gasteiger partial charge in [-0.2, -0.15) is 0 Å². The first-order valence-corrected chi connectivity index (χ1v) is 9.79. The van der Waals surface area contributed by atoms with Crippen molar-refractivity contribution >= 4 is 35.3 Å². The van der Waals surface area contributed by atoms with Gasteiger partial charge in [-0.25, -0.2) is 4.39 Å². The number of hydrogen-bond donors (Lipinski definition) is 0. The Morgan fingerprint density at radius 1 is 1.26 bits per heavy atom. The maximum absolute atomic E-state index is 13.9. The Morgan fingerprint density at radius 3 is 2.55 bits per heavy atom. The second kappa shape index (κ2) is 9.18. The van der Waals surface area contributed by atoms with Crippen LogP contribution in [-0.2, 0) is 16.0 Å². The molecule has 2 unspecified atom stereocenters. The number of aliphatic imine (C=N–C) groups is 1. The summed E-state index contributed by atoms with van der Waals surface area (Å²) in [6.45, 7) is 1.63. The Labute approximate surface area is 182 Å². The number of hydrogen-bond acceptors (Lipinski definition) is 6. The molecule has 0 saturated carbocycles. The molecule has 0 fully saturated rings. The minimum atomic E-state index is -1.69. The zero-order chi connectivity index (χ0) is 22.6. The molecule has 1 aliphatic heterocycles. The lowest BCUT2D eigenvalue weighted by Gasteiger charge is -2.31. The third-order valence-electron chi connectivity index (χ3n) is 4.96. The summed E-state index contributed by atoms with van der Waals surface area (Å²) in [5.74, 6) is -3.24. The number of allylic oxidation sites excluding steroid dienone is 1. The first-order valence-electron chi connectivity index (χ1n) is 9.41. The molecule has 0 saturated heterocycles. The van der Waals surface area contributed by atoms with E-state index < -0.39 is 33.9 Å². The van der Waals surface area contributed by atoms with Crippen molar-refractivity contribution in [3.63, 3.8) is 0 Å². The molecule has 2 aromatic carbocycles. The zero-order valence-electron chi connectivity index (χ0n) is 16.5. The van der Waals surface area contributed by atoms with E-state index in [-0.39, 0.29) is 29.8 Å². The van der Waals surface area contributed by atoms with E-state index in [1.807, 2.05) is 0 Å². The van der Waals surface area contributed by atoms with Crippen molar-refractivity contribution in [2.45, 2.75) is 18.9 Å². The molecule has 0 spiro atoms. The quantitative estimate of drug-likeness (QED) is 0.260. The highest BCUT2D eigenvalue weighted by Crippen LogP contribution is 2.36. The minimum absolute atomic E-state index is 0.0270. The van der Waals surface area contributed by atoms with Gasteiger partial charge >= 0.3 is 5.97 Å². The minimum Gasteiger partial charge on any atom is -0.466 e. The number of ketones is 1. The van der Waals surface area contributed by atoms with Gasteiger partial charge in [-0.3, -0.25) is 24.7 Å². The maximum Gasteiger partial charge on any atom is 0.312 e. The largest absolute Gasteiger partial charge is 0.466 e. The van der Waals surface area contributed by atoms with E-state index in [9.17, 15) is 24.1 Å². The molecule has 1 aliphatic rings. The Kier molecular flexibility index (Phi) is 6.60. The molecule has 1 heterocycles. The summed E-state index contributed by atoms with van der Waals surface area (Å²) in [6.07, 6.45) is 4.02. The lowest BCUT2D eigenvalue weighted by atomic mass is 9.75. The van der Waals surface area contributed by atoms with E-state index in [1.54, 1.807) is 6.92 Å². The summed E-state index contributed by atoms with van der Waals surface area (Å²) in [6, 6.07) is 9.02. The zero-order valence-corrected chi connectivity index (χ0v) is 17.2. The van der Waals surface area contributed by atoms with Crippen molar-refractivity contribution in [2.75, 3.05) is 6.61 Å². The van der Waals surface area contributed by atoms with E-state index in [0.29, 0.717) is 5.02 Å². The number of nitro groups is 1. The average Bonchev–Trinajstić information content (AvgIpc) is 3.23. The van der Waals surface area contributed by atoms with E-state index in [0.717, 1.165) is 18.2 Å². The number of nitro benzene ring substituents is 1. The normalized spacial score (nSPS) is 18.0. The number of esters is 1. The van der Waals surface area contributed by atoms with Crippen LogP contribution in [0.1, 0.15) is 22.8 Å². The highest BCUT2D eigenvalue weighted by molar-refractivity contribution is 6.30. The van der Waals surface area contributed by atoms with Crippen LogP contribution in [0.5, 0.6) is 0 Å². The maximum atomic E-state index is 13.9. The van der Waals surface area contributed by atoms with Gasteiger partial charge in [-0.1, -0.05) is 11.6 Å². The molecule has 0 N–H and O–H groups in total. The van der Waals surface area contributed by atoms with Crippen LogP contribution >= 0.6 is 11.6 Å². The molecule has 160 valence electrons. The highest BCUT2D eigenvalue weighted by atomic mass is 35.5. The number of benzene rings is 2. The van der Waals surface area contributed by atoms with Crippen LogP contribution in [0.4, 0.5) is 10.1 Å². The average molecular weight is 445 g/mol. The fourth-order valence-electron chi connectivity index (χ4n) is 3.51. The Morgan fingerprint density at radius 2 is 1.97 bits per heavy atom. The van der Waals surface area contributed by atoms with Crippen molar-refractivity contribution in [1.29, 1.82) is 0 Å². The molecule has 0 aromatic heterocycles. The van der Waals surface area contributed by atoms with Gasteiger partial charge in [-0.15, -0.1) is 0 Å². The lowest BCUT2D eigenvalue weighted by Crippen LogP contribution is -2.47. The molecule has 31 heavy (non-hydrogen) atoms. The number of Topliss-reactive ketones (excluding diaryl/α,β-unsaturated/α-hetero) is 1. The summed E-state index contributed by atoms with van der Waals surface area (Å²) in [5, 5.41) is 11.9. The van der Waals surface area contributed by atoms with Gasteiger partial charge < -0.3 is 4.74 Å². The topological polar surface area (TPSA) is 98.9 Å². The van der Waals surface area contributed by atoms with Gasteiger partial charge in [-0.05, 0) is 61.9 Å². The summed E-state index contributed by atoms with van der Waals surface area (Å²) in [4.78, 5) is 41.5. The van der Waals surface area contributed by atoms with E-state index in [4.69, 9.17) is 16.3 Å². The lowest BCUT2D eigenvalue weighted by molar-refractivity contribution is -0.385. The molecule has 9 heteroatoms. The van der Waals surface area contributed by atoms with Gasteiger partial charge in [0.1, 0.15) is 5.82 Å². The highest BCUT2D eigenvalue weighted by Gasteiger charge is 2.49. The van der Waals surface area contributed by atoms with Crippen LogP contribution in [0.2, 0.25) is 5.02 Å². The molecule has 2 atom stereocenters. The smallest absolute Gasteiger partial charge is 0.312 e. The second-order valence-corrected chi connectivity index (χ2v) is 7.27. The first-order chi connectivity index (χ1) is 14.8. The van der Waals surface area contributed by atoms with Crippen molar-refractivity contribution < 1.29 is 23.6 Å². The van der Waals surface area contributed by atoms with E-state index in [1.165, 1.54) is 42.6 Å². The predicted molar refractivity (Wildman–Crippen MR) is 113 cm³/mol. The van der Waals surface area contributed by atoms with Crippen LogP contribution < -0.4 is 0 Å². The molecule has 0 radical (unpaired) electrons. The molecule has 0 aliphatic carbocycles. The fraction of sp³-hybridized carbons (Fsp3) is 0.227. The molecule has 7 nitrogen and oxygen atoms in total. The molecule has 3 rings (SSSR count). The summed E-state index contributed by atoms with van der Waals surface area (Å²) in [7, 11) is 0. The van der Waals surface area contributed by atoms with Gasteiger partial charge in [0.15, 0.2) is 11.3 Å². The number of carbonyl (C=O) groups is 2. The third kappa shape index (κ3) is 4.54. The summed E-state index contributed by atoms with van der Waals surface area (Å²) >= 11 is 5.91. The Balaban J connectivity index is 2.11. The van der Waals surface area contributed by atoms with E-state index in [2.05, 4.69) is 4.99 Å². The second-order valence-electron chi connectivity index (χ2n) is 6.84. The van der Waals surface area contributed by atoms with Crippen molar-refractivity contribution in [2.24, 2.45) is 10.9 Å². The van der Waals surface area contributed by atoms with Crippen molar-refractivity contribution in [3.8, 4) is 0 Å². The van der Waals surface area contributed by atoms with Crippen LogP contribution in [0.3, 0.4) is 0 Å². The number of nitrogens with zero attached hydrogens (tertiary/aromatic N) is 2. The number of halogens is 2. The van der Waals surface area contributed by atoms with E-state index >= 15 is 0 Å². The fourth-order valence-corrected chi connectivity index (χ4v) is 3.63. The number of ether oxygens (including phenoxy) is 1. The number of carbonyl (C=O) groups excluding carboxylic acids is 2.